The van der Waals surface area contributed by atoms with Crippen molar-refractivity contribution in [3.05, 3.63) is 24.3 Å². The normalized spacial score (nSPS) is 17.1. The number of anilines is 2. The lowest BCUT2D eigenvalue weighted by Gasteiger charge is -2.23. The van der Waals surface area contributed by atoms with Crippen molar-refractivity contribution < 1.29 is 8.42 Å². The molecule has 1 aliphatic rings. The summed E-state index contributed by atoms with van der Waals surface area (Å²) in [4.78, 5) is 2.33. The van der Waals surface area contributed by atoms with E-state index in [2.05, 4.69) is 9.62 Å². The zero-order chi connectivity index (χ0) is 14.6. The molecule has 20 heavy (non-hydrogen) atoms. The fraction of sp³-hybridized carbons (Fsp3) is 0.571. The average Bonchev–Trinajstić information content (AvgIpc) is 2.67. The Morgan fingerprint density at radius 1 is 1.10 bits per heavy atom. The van der Waals surface area contributed by atoms with Crippen molar-refractivity contribution in [1.29, 1.82) is 0 Å². The maximum atomic E-state index is 11.8. The zero-order valence-corrected chi connectivity index (χ0v) is 13.0. The maximum absolute atomic E-state index is 11.8. The number of benzene rings is 1. The average molecular weight is 297 g/mol. The molecular weight excluding hydrogens is 274 g/mol. The number of nitrogens with zero attached hydrogens (tertiary/aromatic N) is 2. The lowest BCUT2D eigenvalue weighted by Crippen LogP contribution is -2.29. The topological polar surface area (TPSA) is 52.7 Å². The van der Waals surface area contributed by atoms with Crippen molar-refractivity contribution >= 4 is 21.6 Å². The molecule has 0 aromatic heterocycles. The summed E-state index contributed by atoms with van der Waals surface area (Å²) in [6.45, 7) is 2.09. The molecule has 0 atom stereocenters. The first-order chi connectivity index (χ1) is 9.49. The number of rotatable bonds is 4. The van der Waals surface area contributed by atoms with Crippen LogP contribution in [-0.2, 0) is 10.2 Å². The highest BCUT2D eigenvalue weighted by Crippen LogP contribution is 2.23. The number of hydrogen-bond acceptors (Lipinski definition) is 3. The fourth-order valence-corrected chi connectivity index (χ4v) is 2.94. The van der Waals surface area contributed by atoms with Gasteiger partial charge in [-0.3, -0.25) is 4.72 Å². The zero-order valence-electron chi connectivity index (χ0n) is 12.2. The van der Waals surface area contributed by atoms with Crippen LogP contribution in [0.1, 0.15) is 25.7 Å². The molecule has 0 spiro atoms. The largest absolute Gasteiger partial charge is 0.371 e. The van der Waals surface area contributed by atoms with Crippen LogP contribution >= 0.6 is 0 Å². The van der Waals surface area contributed by atoms with Crippen molar-refractivity contribution in [3.8, 4) is 0 Å². The van der Waals surface area contributed by atoms with E-state index in [1.165, 1.54) is 44.1 Å². The highest BCUT2D eigenvalue weighted by Gasteiger charge is 2.14. The van der Waals surface area contributed by atoms with E-state index in [1.54, 1.807) is 6.07 Å². The number of nitrogens with one attached hydrogen (secondary N) is 1. The third kappa shape index (κ3) is 3.86. The van der Waals surface area contributed by atoms with Crippen molar-refractivity contribution in [2.45, 2.75) is 25.7 Å². The molecule has 112 valence electrons. The van der Waals surface area contributed by atoms with Crippen LogP contribution < -0.4 is 9.62 Å². The smallest absolute Gasteiger partial charge is 0.301 e. The van der Waals surface area contributed by atoms with Crippen molar-refractivity contribution in [2.75, 3.05) is 36.8 Å². The molecule has 0 aliphatic carbocycles. The maximum Gasteiger partial charge on any atom is 0.301 e. The molecule has 1 N–H and O–H groups in total. The summed E-state index contributed by atoms with van der Waals surface area (Å²) in [5.74, 6) is 0. The van der Waals surface area contributed by atoms with Crippen molar-refractivity contribution in [1.82, 2.24) is 4.31 Å². The van der Waals surface area contributed by atoms with E-state index in [1.807, 2.05) is 18.2 Å². The second kappa shape index (κ2) is 6.45. The standard InChI is InChI=1S/C14H23N3O2S/c1-16(2)20(18,19)15-13-8-7-9-14(12-13)17-10-5-3-4-6-11-17/h7-9,12,15H,3-6,10-11H2,1-2H3. The van der Waals surface area contributed by atoms with Gasteiger partial charge in [0.15, 0.2) is 0 Å². The monoisotopic (exact) mass is 297 g/mol. The molecule has 1 aromatic rings. The van der Waals surface area contributed by atoms with Gasteiger partial charge < -0.3 is 4.90 Å². The van der Waals surface area contributed by atoms with Crippen LogP contribution in [0, 0.1) is 0 Å². The molecule has 0 amide bonds. The van der Waals surface area contributed by atoms with Gasteiger partial charge in [0.1, 0.15) is 0 Å². The summed E-state index contributed by atoms with van der Waals surface area (Å²) >= 11 is 0. The van der Waals surface area contributed by atoms with Crippen LogP contribution in [0.4, 0.5) is 11.4 Å². The highest BCUT2D eigenvalue weighted by atomic mass is 32.2. The van der Waals surface area contributed by atoms with Crippen LogP contribution in [0.3, 0.4) is 0 Å². The van der Waals surface area contributed by atoms with Gasteiger partial charge >= 0.3 is 10.2 Å². The Kier molecular flexibility index (Phi) is 4.88. The van der Waals surface area contributed by atoms with Crippen LogP contribution in [0.2, 0.25) is 0 Å². The van der Waals surface area contributed by atoms with E-state index in [0.29, 0.717) is 5.69 Å². The molecule has 2 rings (SSSR count). The minimum atomic E-state index is -3.44. The molecule has 1 aliphatic heterocycles. The predicted molar refractivity (Wildman–Crippen MR) is 83.4 cm³/mol. The van der Waals surface area contributed by atoms with Gasteiger partial charge in [0, 0.05) is 32.9 Å². The van der Waals surface area contributed by atoms with Gasteiger partial charge in [-0.15, -0.1) is 0 Å². The van der Waals surface area contributed by atoms with Crippen LogP contribution in [0.15, 0.2) is 24.3 Å². The van der Waals surface area contributed by atoms with Gasteiger partial charge in [0.25, 0.3) is 0 Å². The van der Waals surface area contributed by atoms with Gasteiger partial charge in [0.2, 0.25) is 0 Å². The summed E-state index contributed by atoms with van der Waals surface area (Å²) in [5.41, 5.74) is 1.70. The Bertz CT molecular complexity index is 535. The van der Waals surface area contributed by atoms with Crippen LogP contribution in [0.25, 0.3) is 0 Å². The molecule has 1 aromatic carbocycles. The highest BCUT2D eigenvalue weighted by molar-refractivity contribution is 7.90. The third-order valence-corrected chi connectivity index (χ3v) is 5.00. The quantitative estimate of drug-likeness (QED) is 0.927. The molecule has 0 unspecified atom stereocenters. The first-order valence-electron chi connectivity index (χ1n) is 7.04. The van der Waals surface area contributed by atoms with E-state index in [9.17, 15) is 8.42 Å². The molecule has 5 nitrogen and oxygen atoms in total. The van der Waals surface area contributed by atoms with Crippen molar-refractivity contribution in [2.24, 2.45) is 0 Å². The second-order valence-corrected chi connectivity index (χ2v) is 7.23. The minimum absolute atomic E-state index is 0.612. The summed E-state index contributed by atoms with van der Waals surface area (Å²) in [7, 11) is -0.411. The third-order valence-electron chi connectivity index (χ3n) is 3.54. The Morgan fingerprint density at radius 3 is 2.35 bits per heavy atom. The lowest BCUT2D eigenvalue weighted by atomic mass is 10.2. The molecule has 1 saturated heterocycles. The summed E-state index contributed by atoms with van der Waals surface area (Å²) < 4.78 is 27.4. The van der Waals surface area contributed by atoms with E-state index >= 15 is 0 Å². The Hall–Kier alpha value is -1.27. The first-order valence-corrected chi connectivity index (χ1v) is 8.48. The van der Waals surface area contributed by atoms with Crippen LogP contribution in [-0.4, -0.2) is 39.9 Å². The molecule has 0 radical (unpaired) electrons. The van der Waals surface area contributed by atoms with Gasteiger partial charge in [-0.25, -0.2) is 0 Å². The SMILES string of the molecule is CN(C)S(=O)(=O)Nc1cccc(N2CCCCCC2)c1. The summed E-state index contributed by atoms with van der Waals surface area (Å²) in [5, 5.41) is 0. The molecular formula is C14H23N3O2S. The predicted octanol–water partition coefficient (Wildman–Crippen LogP) is 2.29. The Morgan fingerprint density at radius 2 is 1.75 bits per heavy atom. The Labute approximate surface area is 121 Å². The van der Waals surface area contributed by atoms with Crippen LogP contribution in [0.5, 0.6) is 0 Å². The van der Waals surface area contributed by atoms with Gasteiger partial charge in [-0.1, -0.05) is 18.9 Å². The van der Waals surface area contributed by atoms with Gasteiger partial charge in [-0.2, -0.15) is 12.7 Å². The minimum Gasteiger partial charge on any atom is -0.371 e. The lowest BCUT2D eigenvalue weighted by molar-refractivity contribution is 0.527. The fourth-order valence-electron chi connectivity index (χ4n) is 2.34. The number of hydrogen-bond donors (Lipinski definition) is 1. The molecule has 0 saturated carbocycles. The summed E-state index contributed by atoms with van der Waals surface area (Å²) in [6.07, 6.45) is 4.97. The molecule has 1 fully saturated rings. The first kappa shape index (κ1) is 15.1. The van der Waals surface area contributed by atoms with E-state index in [-0.39, 0.29) is 0 Å². The molecule has 1 heterocycles. The van der Waals surface area contributed by atoms with Crippen molar-refractivity contribution in [3.63, 3.8) is 0 Å². The second-order valence-electron chi connectivity index (χ2n) is 5.34. The Balaban J connectivity index is 2.15. The summed E-state index contributed by atoms with van der Waals surface area (Å²) in [6, 6.07) is 7.63. The van der Waals surface area contributed by atoms with E-state index < -0.39 is 10.2 Å². The van der Waals surface area contributed by atoms with E-state index in [0.717, 1.165) is 18.8 Å². The van der Waals surface area contributed by atoms with Gasteiger partial charge in [-0.05, 0) is 31.0 Å². The van der Waals surface area contributed by atoms with Gasteiger partial charge in [0.05, 0.1) is 5.69 Å². The molecule has 0 bridgehead atoms. The molecule has 6 heteroatoms. The van der Waals surface area contributed by atoms with E-state index in [4.69, 9.17) is 0 Å².